The van der Waals surface area contributed by atoms with Crippen molar-refractivity contribution in [1.82, 2.24) is 4.90 Å². The molecule has 0 aromatic heterocycles. The second-order valence-electron chi connectivity index (χ2n) is 4.88. The lowest BCUT2D eigenvalue weighted by atomic mass is 10.1. The highest BCUT2D eigenvalue weighted by Crippen LogP contribution is 2.15. The molecule has 19 heavy (non-hydrogen) atoms. The quantitative estimate of drug-likeness (QED) is 0.911. The first-order valence-electron chi connectivity index (χ1n) is 6.42. The van der Waals surface area contributed by atoms with E-state index in [1.165, 1.54) is 6.07 Å². The number of hydrogen-bond acceptors (Lipinski definition) is 3. The maximum Gasteiger partial charge on any atom is 0.335 e. The molecule has 1 saturated heterocycles. The van der Waals surface area contributed by atoms with Gasteiger partial charge in [-0.1, -0.05) is 6.07 Å². The molecule has 1 heterocycles. The number of carboxylic acid groups (broad SMARTS) is 1. The Morgan fingerprint density at radius 2 is 2.37 bits per heavy atom. The SMILES string of the molecule is CC1CN(Cc2ccc(C(=O)O)cc2F)CCCO1. The highest BCUT2D eigenvalue weighted by atomic mass is 19.1. The summed E-state index contributed by atoms with van der Waals surface area (Å²) in [5.41, 5.74) is 0.507. The van der Waals surface area contributed by atoms with Crippen LogP contribution in [0.1, 0.15) is 29.3 Å². The van der Waals surface area contributed by atoms with E-state index in [2.05, 4.69) is 4.90 Å². The summed E-state index contributed by atoms with van der Waals surface area (Å²) in [6.45, 7) is 4.85. The van der Waals surface area contributed by atoms with Crippen LogP contribution in [-0.2, 0) is 11.3 Å². The second-order valence-corrected chi connectivity index (χ2v) is 4.88. The Kier molecular flexibility index (Phi) is 4.50. The molecule has 4 nitrogen and oxygen atoms in total. The summed E-state index contributed by atoms with van der Waals surface area (Å²) in [6.07, 6.45) is 1.07. The van der Waals surface area contributed by atoms with Crippen LogP contribution in [0.4, 0.5) is 4.39 Å². The first-order chi connectivity index (χ1) is 9.06. The van der Waals surface area contributed by atoms with Crippen LogP contribution in [-0.4, -0.2) is 41.8 Å². The summed E-state index contributed by atoms with van der Waals surface area (Å²) < 4.78 is 19.4. The molecule has 1 unspecified atom stereocenters. The van der Waals surface area contributed by atoms with Crippen LogP contribution in [0.5, 0.6) is 0 Å². The minimum Gasteiger partial charge on any atom is -0.478 e. The molecule has 1 aromatic carbocycles. The fourth-order valence-electron chi connectivity index (χ4n) is 2.27. The maximum absolute atomic E-state index is 13.8. The number of hydrogen-bond donors (Lipinski definition) is 1. The van der Waals surface area contributed by atoms with Gasteiger partial charge in [-0.15, -0.1) is 0 Å². The number of carbonyl (C=O) groups is 1. The topological polar surface area (TPSA) is 49.8 Å². The van der Waals surface area contributed by atoms with Crippen LogP contribution in [0, 0.1) is 5.82 Å². The molecule has 0 saturated carbocycles. The summed E-state index contributed by atoms with van der Waals surface area (Å²) in [5, 5.41) is 8.80. The third kappa shape index (κ3) is 3.75. The predicted molar refractivity (Wildman–Crippen MR) is 68.7 cm³/mol. The molecule has 1 aromatic rings. The fraction of sp³-hybridized carbons (Fsp3) is 0.500. The van der Waals surface area contributed by atoms with Crippen LogP contribution >= 0.6 is 0 Å². The highest BCUT2D eigenvalue weighted by Gasteiger charge is 2.17. The lowest BCUT2D eigenvalue weighted by Gasteiger charge is -2.22. The van der Waals surface area contributed by atoms with Gasteiger partial charge in [-0.2, -0.15) is 0 Å². The van der Waals surface area contributed by atoms with Crippen LogP contribution in [0.2, 0.25) is 0 Å². The van der Waals surface area contributed by atoms with Gasteiger partial charge in [0.2, 0.25) is 0 Å². The Morgan fingerprint density at radius 3 is 3.05 bits per heavy atom. The molecule has 104 valence electrons. The van der Waals surface area contributed by atoms with Gasteiger partial charge in [0.1, 0.15) is 5.82 Å². The number of halogens is 1. The first-order valence-corrected chi connectivity index (χ1v) is 6.42. The number of aromatic carboxylic acids is 1. The molecule has 5 heteroatoms. The predicted octanol–water partition coefficient (Wildman–Crippen LogP) is 2.13. The smallest absolute Gasteiger partial charge is 0.335 e. The van der Waals surface area contributed by atoms with Gasteiger partial charge in [0.25, 0.3) is 0 Å². The molecule has 0 bridgehead atoms. The Bertz CT molecular complexity index is 464. The monoisotopic (exact) mass is 267 g/mol. The van der Waals surface area contributed by atoms with E-state index in [1.807, 2.05) is 6.92 Å². The van der Waals surface area contributed by atoms with E-state index in [9.17, 15) is 9.18 Å². The average molecular weight is 267 g/mol. The summed E-state index contributed by atoms with van der Waals surface area (Å²) in [4.78, 5) is 12.9. The van der Waals surface area contributed by atoms with Gasteiger partial charge < -0.3 is 9.84 Å². The third-order valence-electron chi connectivity index (χ3n) is 3.23. The Balaban J connectivity index is 2.07. The van der Waals surface area contributed by atoms with Crippen molar-refractivity contribution in [3.63, 3.8) is 0 Å². The van der Waals surface area contributed by atoms with E-state index in [-0.39, 0.29) is 11.7 Å². The highest BCUT2D eigenvalue weighted by molar-refractivity contribution is 5.87. The van der Waals surface area contributed by atoms with Crippen LogP contribution < -0.4 is 0 Å². The molecule has 0 amide bonds. The minimum absolute atomic E-state index is 0.0196. The summed E-state index contributed by atoms with van der Waals surface area (Å²) in [5.74, 6) is -1.57. The molecule has 1 aliphatic rings. The van der Waals surface area contributed by atoms with Crippen molar-refractivity contribution in [2.24, 2.45) is 0 Å². The van der Waals surface area contributed by atoms with E-state index < -0.39 is 11.8 Å². The number of rotatable bonds is 3. The molecule has 0 spiro atoms. The second kappa shape index (κ2) is 6.12. The standard InChI is InChI=1S/C14H18FNO3/c1-10-8-16(5-2-6-19-10)9-12-4-3-11(14(17)18)7-13(12)15/h3-4,7,10H,2,5-6,8-9H2,1H3,(H,17,18). The molecule has 0 radical (unpaired) electrons. The zero-order valence-corrected chi connectivity index (χ0v) is 10.9. The van der Waals surface area contributed by atoms with Crippen LogP contribution in [0.25, 0.3) is 0 Å². The summed E-state index contributed by atoms with van der Waals surface area (Å²) in [6, 6.07) is 4.07. The molecule has 1 atom stereocenters. The summed E-state index contributed by atoms with van der Waals surface area (Å²) >= 11 is 0. The van der Waals surface area contributed by atoms with Gasteiger partial charge in [0.05, 0.1) is 11.7 Å². The minimum atomic E-state index is -1.11. The maximum atomic E-state index is 13.8. The van der Waals surface area contributed by atoms with Gasteiger partial charge in [-0.05, 0) is 25.5 Å². The number of nitrogens with zero attached hydrogens (tertiary/aromatic N) is 1. The third-order valence-corrected chi connectivity index (χ3v) is 3.23. The Labute approximate surface area is 111 Å². The van der Waals surface area contributed by atoms with Crippen molar-refractivity contribution < 1.29 is 19.0 Å². The number of ether oxygens (including phenoxy) is 1. The van der Waals surface area contributed by atoms with Gasteiger partial charge in [-0.3, -0.25) is 4.90 Å². The first kappa shape index (κ1) is 14.0. The van der Waals surface area contributed by atoms with E-state index in [0.717, 1.165) is 32.2 Å². The number of benzene rings is 1. The van der Waals surface area contributed by atoms with Crippen LogP contribution in [0.15, 0.2) is 18.2 Å². The average Bonchev–Trinajstić information content (AvgIpc) is 2.56. The Morgan fingerprint density at radius 1 is 1.58 bits per heavy atom. The zero-order valence-electron chi connectivity index (χ0n) is 10.9. The van der Waals surface area contributed by atoms with Crippen molar-refractivity contribution >= 4 is 5.97 Å². The molecular formula is C14H18FNO3. The van der Waals surface area contributed by atoms with Gasteiger partial charge >= 0.3 is 5.97 Å². The fourth-order valence-corrected chi connectivity index (χ4v) is 2.27. The Hall–Kier alpha value is -1.46. The van der Waals surface area contributed by atoms with Crippen LogP contribution in [0.3, 0.4) is 0 Å². The molecule has 1 fully saturated rings. The zero-order chi connectivity index (χ0) is 13.8. The van der Waals surface area contributed by atoms with Crippen molar-refractivity contribution in [1.29, 1.82) is 0 Å². The van der Waals surface area contributed by atoms with E-state index >= 15 is 0 Å². The van der Waals surface area contributed by atoms with Gasteiger partial charge in [-0.25, -0.2) is 9.18 Å². The lowest BCUT2D eigenvalue weighted by Crippen LogP contribution is -2.30. The molecule has 1 aliphatic heterocycles. The van der Waals surface area contributed by atoms with Gasteiger partial charge in [0, 0.05) is 31.8 Å². The van der Waals surface area contributed by atoms with Crippen molar-refractivity contribution in [3.8, 4) is 0 Å². The van der Waals surface area contributed by atoms with E-state index in [0.29, 0.717) is 12.1 Å². The summed E-state index contributed by atoms with van der Waals surface area (Å²) in [7, 11) is 0. The molecule has 0 aliphatic carbocycles. The van der Waals surface area contributed by atoms with Crippen molar-refractivity contribution in [2.45, 2.75) is 26.0 Å². The largest absolute Gasteiger partial charge is 0.478 e. The van der Waals surface area contributed by atoms with Crippen molar-refractivity contribution in [2.75, 3.05) is 19.7 Å². The molecule has 1 N–H and O–H groups in total. The number of carboxylic acids is 1. The molecule has 2 rings (SSSR count). The lowest BCUT2D eigenvalue weighted by molar-refractivity contribution is 0.0666. The van der Waals surface area contributed by atoms with E-state index in [1.54, 1.807) is 6.07 Å². The van der Waals surface area contributed by atoms with Crippen molar-refractivity contribution in [3.05, 3.63) is 35.1 Å². The molecular weight excluding hydrogens is 249 g/mol. The van der Waals surface area contributed by atoms with Gasteiger partial charge in [0.15, 0.2) is 0 Å². The van der Waals surface area contributed by atoms with E-state index in [4.69, 9.17) is 9.84 Å². The normalized spacial score (nSPS) is 21.1.